The van der Waals surface area contributed by atoms with Crippen LogP contribution in [0.4, 0.5) is 0 Å². The molecule has 3 N–H and O–H groups in total. The minimum atomic E-state index is -0.109. The van der Waals surface area contributed by atoms with Crippen LogP contribution in [0.15, 0.2) is 39.4 Å². The van der Waals surface area contributed by atoms with Gasteiger partial charge in [-0.1, -0.05) is 5.76 Å². The Morgan fingerprint density at radius 2 is 2.40 bits per heavy atom. The normalized spacial score (nSPS) is 33.3. The monoisotopic (exact) mass is 203 g/mol. The van der Waals surface area contributed by atoms with Crippen molar-refractivity contribution in [3.63, 3.8) is 0 Å². The first-order valence-corrected chi connectivity index (χ1v) is 5.17. The summed E-state index contributed by atoms with van der Waals surface area (Å²) >= 11 is 0. The van der Waals surface area contributed by atoms with Gasteiger partial charge in [-0.2, -0.15) is 0 Å². The molecule has 4 nitrogen and oxygen atoms in total. The molecule has 3 rings (SSSR count). The lowest BCUT2D eigenvalue weighted by molar-refractivity contribution is -0.894. The second kappa shape index (κ2) is 2.73. The van der Waals surface area contributed by atoms with Gasteiger partial charge in [0.1, 0.15) is 6.04 Å². The third-order valence-corrected chi connectivity index (χ3v) is 3.40. The molecule has 0 aromatic rings. The first kappa shape index (κ1) is 8.73. The van der Waals surface area contributed by atoms with Gasteiger partial charge >= 0.3 is 0 Å². The molecule has 2 aliphatic heterocycles. The van der Waals surface area contributed by atoms with E-state index in [1.54, 1.807) is 0 Å². The molecule has 0 amide bonds. The van der Waals surface area contributed by atoms with Crippen molar-refractivity contribution in [1.82, 2.24) is 0 Å². The molecule has 0 bridgehead atoms. The van der Waals surface area contributed by atoms with Crippen LogP contribution >= 0.6 is 0 Å². The second-order valence-corrected chi connectivity index (χ2v) is 4.32. The zero-order valence-corrected chi connectivity index (χ0v) is 8.58. The fourth-order valence-electron chi connectivity index (χ4n) is 2.51. The van der Waals surface area contributed by atoms with Crippen LogP contribution in [0.25, 0.3) is 0 Å². The fraction of sp³-hybridized carbons (Fsp3) is 0.364. The highest BCUT2D eigenvalue weighted by Crippen LogP contribution is 2.33. The average Bonchev–Trinajstić information content (AvgIpc) is 2.64. The van der Waals surface area contributed by atoms with E-state index >= 15 is 0 Å². The predicted molar refractivity (Wildman–Crippen MR) is 55.0 cm³/mol. The Labute approximate surface area is 88.1 Å². The van der Waals surface area contributed by atoms with Crippen molar-refractivity contribution in [2.75, 3.05) is 13.6 Å². The third-order valence-electron chi connectivity index (χ3n) is 3.40. The van der Waals surface area contributed by atoms with Gasteiger partial charge in [0.15, 0.2) is 0 Å². The van der Waals surface area contributed by atoms with Crippen molar-refractivity contribution in [2.24, 2.45) is 10.7 Å². The molecule has 3 aliphatic rings. The van der Waals surface area contributed by atoms with Gasteiger partial charge in [0.2, 0.25) is 0 Å². The molecule has 0 saturated heterocycles. The van der Waals surface area contributed by atoms with Crippen LogP contribution in [0.5, 0.6) is 0 Å². The third kappa shape index (κ3) is 1.02. The Morgan fingerprint density at radius 3 is 3.20 bits per heavy atom. The summed E-state index contributed by atoms with van der Waals surface area (Å²) in [5, 5.41) is 11.8. The van der Waals surface area contributed by atoms with Crippen LogP contribution in [-0.4, -0.2) is 25.8 Å². The lowest BCUT2D eigenvalue weighted by Crippen LogP contribution is -3.13. The molecule has 2 unspecified atom stereocenters. The number of nitrogens with one attached hydrogen (secondary N) is 1. The van der Waals surface area contributed by atoms with Gasteiger partial charge in [-0.3, -0.25) is 4.99 Å². The lowest BCUT2D eigenvalue weighted by Gasteiger charge is -2.34. The summed E-state index contributed by atoms with van der Waals surface area (Å²) in [6.45, 7) is 1.07. The molecule has 0 aromatic heterocycles. The Balaban J connectivity index is 2.21. The Kier molecular flexibility index (Phi) is 1.59. The van der Waals surface area contributed by atoms with Gasteiger partial charge in [-0.25, -0.2) is 0 Å². The van der Waals surface area contributed by atoms with Crippen molar-refractivity contribution in [3.8, 4) is 0 Å². The molecule has 4 heteroatoms. The number of hydrogen-bond acceptors (Lipinski definition) is 3. The summed E-state index contributed by atoms with van der Waals surface area (Å²) in [6.07, 6.45) is 4.71. The Bertz CT molecular complexity index is 456. The van der Waals surface area contributed by atoms with Crippen molar-refractivity contribution in [3.05, 3.63) is 34.4 Å². The van der Waals surface area contributed by atoms with Crippen molar-refractivity contribution in [2.45, 2.75) is 12.5 Å². The van der Waals surface area contributed by atoms with E-state index in [2.05, 4.69) is 12.0 Å². The summed E-state index contributed by atoms with van der Waals surface area (Å²) in [6, 6.07) is 0.226. The summed E-state index contributed by atoms with van der Waals surface area (Å²) in [5.41, 5.74) is 8.97. The molecule has 0 saturated carbocycles. The van der Waals surface area contributed by atoms with E-state index in [4.69, 9.17) is 5.73 Å². The van der Waals surface area contributed by atoms with Crippen LogP contribution < -0.4 is 15.7 Å². The average molecular weight is 203 g/mol. The number of quaternary nitrogens is 1. The Hall–Kier alpha value is -1.55. The molecule has 2 heterocycles. The molecule has 0 spiro atoms. The van der Waals surface area contributed by atoms with Gasteiger partial charge in [0, 0.05) is 30.0 Å². The number of nitrogens with two attached hydrogens (primary N) is 1. The highest BCUT2D eigenvalue weighted by molar-refractivity contribution is 5.88. The van der Waals surface area contributed by atoms with Crippen LogP contribution in [-0.2, 0) is 0 Å². The quantitative estimate of drug-likeness (QED) is 0.482. The smallest absolute Gasteiger partial charge is 0.136 e. The first-order chi connectivity index (χ1) is 7.18. The number of aliphatic imine (C=N–C) groups is 1. The molecule has 78 valence electrons. The number of rotatable bonds is 0. The van der Waals surface area contributed by atoms with E-state index in [9.17, 15) is 5.11 Å². The van der Waals surface area contributed by atoms with Crippen LogP contribution in [0, 0.1) is 0 Å². The highest BCUT2D eigenvalue weighted by Gasteiger charge is 2.36. The highest BCUT2D eigenvalue weighted by atomic mass is 16.3. The molecule has 1 aliphatic carbocycles. The first-order valence-electron chi connectivity index (χ1n) is 5.17. The molecule has 2 atom stereocenters. The second-order valence-electron chi connectivity index (χ2n) is 4.32. The van der Waals surface area contributed by atoms with Gasteiger partial charge in [0.05, 0.1) is 19.3 Å². The minimum Gasteiger partial charge on any atom is -0.870 e. The van der Waals surface area contributed by atoms with Crippen molar-refractivity contribution in [1.29, 1.82) is 0 Å². The van der Waals surface area contributed by atoms with E-state index in [-0.39, 0.29) is 11.8 Å². The maximum atomic E-state index is 11.8. The SMILES string of the molecule is C[NH+]1CCC2=C3C(=C([O-])C(N)=CC31)N=C2. The van der Waals surface area contributed by atoms with Gasteiger partial charge in [-0.15, -0.1) is 0 Å². The zero-order valence-electron chi connectivity index (χ0n) is 8.58. The van der Waals surface area contributed by atoms with E-state index in [1.165, 1.54) is 10.5 Å². The van der Waals surface area contributed by atoms with Crippen LogP contribution in [0.3, 0.4) is 0 Å². The Morgan fingerprint density at radius 1 is 1.60 bits per heavy atom. The van der Waals surface area contributed by atoms with Gasteiger partial charge < -0.3 is 15.7 Å². The van der Waals surface area contributed by atoms with E-state index in [1.807, 2.05) is 12.3 Å². The molecule has 15 heavy (non-hydrogen) atoms. The minimum absolute atomic E-state index is 0.109. The van der Waals surface area contributed by atoms with E-state index < -0.39 is 0 Å². The lowest BCUT2D eigenvalue weighted by atomic mass is 9.88. The topological polar surface area (TPSA) is 65.9 Å². The largest absolute Gasteiger partial charge is 0.870 e. The van der Waals surface area contributed by atoms with Crippen LogP contribution in [0.2, 0.25) is 0 Å². The van der Waals surface area contributed by atoms with Crippen molar-refractivity contribution >= 4 is 6.21 Å². The predicted octanol–water partition coefficient (Wildman–Crippen LogP) is -1.92. The zero-order chi connectivity index (χ0) is 10.6. The molecule has 0 fully saturated rings. The van der Waals surface area contributed by atoms with Crippen LogP contribution in [0.1, 0.15) is 6.42 Å². The molecular formula is C11H13N3O. The molecule has 0 aromatic carbocycles. The summed E-state index contributed by atoms with van der Waals surface area (Å²) < 4.78 is 0. The van der Waals surface area contributed by atoms with Crippen molar-refractivity contribution < 1.29 is 10.0 Å². The van der Waals surface area contributed by atoms with E-state index in [0.29, 0.717) is 11.4 Å². The number of nitrogens with zero attached hydrogens (tertiary/aromatic N) is 1. The number of hydrogen-bond donors (Lipinski definition) is 2. The maximum Gasteiger partial charge on any atom is 0.136 e. The van der Waals surface area contributed by atoms with Gasteiger partial charge in [0.25, 0.3) is 0 Å². The summed E-state index contributed by atoms with van der Waals surface area (Å²) in [4.78, 5) is 5.58. The molecule has 0 radical (unpaired) electrons. The summed E-state index contributed by atoms with van der Waals surface area (Å²) in [5.74, 6) is -0.109. The maximum absolute atomic E-state index is 11.8. The van der Waals surface area contributed by atoms with E-state index in [0.717, 1.165) is 18.5 Å². The molecular weight excluding hydrogens is 190 g/mol. The standard InChI is InChI=1S/C11H13N3O/c1-14-3-2-6-5-13-10-9(6)8(14)4-7(12)11(10)15/h4-5,8,15H,2-3,12H2,1H3. The van der Waals surface area contributed by atoms with Gasteiger partial charge in [-0.05, 0) is 5.57 Å². The fourth-order valence-corrected chi connectivity index (χ4v) is 2.51. The summed E-state index contributed by atoms with van der Waals surface area (Å²) in [7, 11) is 2.13. The number of likely N-dealkylation sites (N-methyl/N-ethyl adjacent to an activating group) is 1.